The molecule has 1 aromatic carbocycles. The number of nitrogens with two attached hydrogens (primary N) is 1. The van der Waals surface area contributed by atoms with Gasteiger partial charge in [0.15, 0.2) is 0 Å². The van der Waals surface area contributed by atoms with Crippen LogP contribution in [0.15, 0.2) is 12.1 Å². The minimum atomic E-state index is 0.677. The van der Waals surface area contributed by atoms with Gasteiger partial charge in [-0.15, -0.1) is 0 Å². The largest absolute Gasteiger partial charge is 0.497 e. The van der Waals surface area contributed by atoms with E-state index in [0.29, 0.717) is 16.5 Å². The number of ether oxygens (including phenoxy) is 1. The van der Waals surface area contributed by atoms with E-state index in [-0.39, 0.29) is 0 Å². The highest BCUT2D eigenvalue weighted by Crippen LogP contribution is 2.37. The summed E-state index contributed by atoms with van der Waals surface area (Å²) in [7, 11) is 1.62. The Morgan fingerprint density at radius 2 is 2.00 bits per heavy atom. The molecule has 1 aromatic rings. The van der Waals surface area contributed by atoms with Crippen LogP contribution < -0.4 is 15.4 Å². The molecule has 0 radical (unpaired) electrons. The van der Waals surface area contributed by atoms with E-state index in [9.17, 15) is 0 Å². The van der Waals surface area contributed by atoms with Crippen molar-refractivity contribution in [3.05, 3.63) is 17.2 Å². The van der Waals surface area contributed by atoms with Crippen LogP contribution in [0.5, 0.6) is 5.75 Å². The van der Waals surface area contributed by atoms with Crippen molar-refractivity contribution in [2.45, 2.75) is 19.8 Å². The maximum absolute atomic E-state index is 6.28. The molecule has 4 heteroatoms. The molecule has 1 aliphatic heterocycles. The monoisotopic (exact) mass is 254 g/mol. The summed E-state index contributed by atoms with van der Waals surface area (Å²) >= 11 is 6.28. The number of benzene rings is 1. The van der Waals surface area contributed by atoms with Crippen molar-refractivity contribution in [3.8, 4) is 5.75 Å². The molecular weight excluding hydrogens is 236 g/mol. The number of nitrogens with zero attached hydrogens (tertiary/aromatic N) is 1. The molecule has 0 aromatic heterocycles. The Morgan fingerprint density at radius 1 is 1.35 bits per heavy atom. The third-order valence-electron chi connectivity index (χ3n) is 3.40. The van der Waals surface area contributed by atoms with Crippen LogP contribution >= 0.6 is 11.6 Å². The van der Waals surface area contributed by atoms with Gasteiger partial charge in [0, 0.05) is 25.2 Å². The Labute approximate surface area is 107 Å². The minimum Gasteiger partial charge on any atom is -0.497 e. The highest BCUT2D eigenvalue weighted by Gasteiger charge is 2.20. The highest BCUT2D eigenvalue weighted by molar-refractivity contribution is 6.34. The zero-order chi connectivity index (χ0) is 12.4. The second-order valence-electron chi connectivity index (χ2n) is 4.72. The molecule has 3 nitrogen and oxygen atoms in total. The number of rotatable bonds is 2. The van der Waals surface area contributed by atoms with Crippen molar-refractivity contribution in [1.29, 1.82) is 0 Å². The Morgan fingerprint density at radius 3 is 2.53 bits per heavy atom. The Balaban J connectivity index is 2.26. The summed E-state index contributed by atoms with van der Waals surface area (Å²) in [6, 6.07) is 3.66. The lowest BCUT2D eigenvalue weighted by Gasteiger charge is -2.33. The van der Waals surface area contributed by atoms with E-state index < -0.39 is 0 Å². The summed E-state index contributed by atoms with van der Waals surface area (Å²) in [6.07, 6.45) is 2.39. The van der Waals surface area contributed by atoms with Crippen LogP contribution in [0.1, 0.15) is 19.8 Å². The fraction of sp³-hybridized carbons (Fsp3) is 0.538. The zero-order valence-electron chi connectivity index (χ0n) is 10.4. The highest BCUT2D eigenvalue weighted by atomic mass is 35.5. The van der Waals surface area contributed by atoms with Crippen LogP contribution in [0.25, 0.3) is 0 Å². The number of halogens is 1. The Kier molecular flexibility index (Phi) is 3.67. The molecule has 0 bridgehead atoms. The van der Waals surface area contributed by atoms with Crippen LogP contribution in [0.3, 0.4) is 0 Å². The van der Waals surface area contributed by atoms with Gasteiger partial charge in [-0.3, -0.25) is 0 Å². The van der Waals surface area contributed by atoms with E-state index >= 15 is 0 Å². The van der Waals surface area contributed by atoms with Crippen molar-refractivity contribution in [1.82, 2.24) is 0 Å². The number of nitrogen functional groups attached to an aromatic ring is 1. The van der Waals surface area contributed by atoms with E-state index in [0.717, 1.165) is 24.7 Å². The standard InChI is InChI=1S/C13H19ClN2O/c1-9-3-5-16(6-4-9)13-11(14)7-10(17-2)8-12(13)15/h7-9H,3-6,15H2,1-2H3. The molecule has 0 unspecified atom stereocenters. The first-order chi connectivity index (χ1) is 8.11. The molecule has 1 fully saturated rings. The van der Waals surface area contributed by atoms with E-state index in [1.165, 1.54) is 12.8 Å². The van der Waals surface area contributed by atoms with Crippen LogP contribution in [0.4, 0.5) is 11.4 Å². The average molecular weight is 255 g/mol. The fourth-order valence-electron chi connectivity index (χ4n) is 2.28. The van der Waals surface area contributed by atoms with E-state index in [2.05, 4.69) is 11.8 Å². The maximum Gasteiger partial charge on any atom is 0.122 e. The van der Waals surface area contributed by atoms with Gasteiger partial charge in [0.2, 0.25) is 0 Å². The lowest BCUT2D eigenvalue weighted by Crippen LogP contribution is -2.33. The molecule has 0 amide bonds. The normalized spacial score (nSPS) is 17.2. The first kappa shape index (κ1) is 12.4. The van der Waals surface area contributed by atoms with Gasteiger partial charge in [-0.25, -0.2) is 0 Å². The first-order valence-corrected chi connectivity index (χ1v) is 6.37. The molecule has 1 heterocycles. The summed E-state index contributed by atoms with van der Waals surface area (Å²) in [4.78, 5) is 2.27. The third-order valence-corrected chi connectivity index (χ3v) is 3.69. The number of hydrogen-bond acceptors (Lipinski definition) is 3. The molecule has 1 saturated heterocycles. The predicted molar refractivity (Wildman–Crippen MR) is 73.0 cm³/mol. The summed E-state index contributed by atoms with van der Waals surface area (Å²) < 4.78 is 5.15. The van der Waals surface area contributed by atoms with Crippen LogP contribution in [0, 0.1) is 5.92 Å². The SMILES string of the molecule is COc1cc(N)c(N2CCC(C)CC2)c(Cl)c1. The van der Waals surface area contributed by atoms with Crippen molar-refractivity contribution < 1.29 is 4.74 Å². The smallest absolute Gasteiger partial charge is 0.122 e. The molecule has 0 atom stereocenters. The van der Waals surface area contributed by atoms with Gasteiger partial charge in [0.05, 0.1) is 23.5 Å². The summed E-state index contributed by atoms with van der Waals surface area (Å²) in [6.45, 7) is 4.34. The van der Waals surface area contributed by atoms with Crippen LogP contribution in [-0.4, -0.2) is 20.2 Å². The molecule has 0 saturated carbocycles. The molecule has 1 aliphatic rings. The van der Waals surface area contributed by atoms with E-state index in [1.807, 2.05) is 12.1 Å². The number of anilines is 2. The maximum atomic E-state index is 6.28. The minimum absolute atomic E-state index is 0.677. The number of piperidine rings is 1. The van der Waals surface area contributed by atoms with Gasteiger partial charge in [0.25, 0.3) is 0 Å². The van der Waals surface area contributed by atoms with Crippen molar-refractivity contribution in [3.63, 3.8) is 0 Å². The van der Waals surface area contributed by atoms with Gasteiger partial charge in [0.1, 0.15) is 5.75 Å². The Bertz CT molecular complexity index is 377. The van der Waals surface area contributed by atoms with Gasteiger partial charge in [-0.1, -0.05) is 18.5 Å². The topological polar surface area (TPSA) is 38.5 Å². The molecule has 2 N–H and O–H groups in total. The zero-order valence-corrected chi connectivity index (χ0v) is 11.1. The second kappa shape index (κ2) is 5.05. The summed E-state index contributed by atoms with van der Waals surface area (Å²) in [5.41, 5.74) is 7.71. The van der Waals surface area contributed by atoms with Gasteiger partial charge >= 0.3 is 0 Å². The lowest BCUT2D eigenvalue weighted by molar-refractivity contribution is 0.414. The quantitative estimate of drug-likeness (QED) is 0.824. The molecule has 0 spiro atoms. The summed E-state index contributed by atoms with van der Waals surface area (Å²) in [5, 5.41) is 0.677. The van der Waals surface area contributed by atoms with Crippen LogP contribution in [0.2, 0.25) is 5.02 Å². The first-order valence-electron chi connectivity index (χ1n) is 5.99. The van der Waals surface area contributed by atoms with Crippen LogP contribution in [-0.2, 0) is 0 Å². The number of methoxy groups -OCH3 is 1. The van der Waals surface area contributed by atoms with Gasteiger partial charge in [-0.05, 0) is 18.8 Å². The van der Waals surface area contributed by atoms with E-state index in [1.54, 1.807) is 7.11 Å². The van der Waals surface area contributed by atoms with Crippen molar-refractivity contribution >= 4 is 23.0 Å². The van der Waals surface area contributed by atoms with Crippen molar-refractivity contribution in [2.24, 2.45) is 5.92 Å². The van der Waals surface area contributed by atoms with E-state index in [4.69, 9.17) is 22.1 Å². The van der Waals surface area contributed by atoms with Gasteiger partial charge in [-0.2, -0.15) is 0 Å². The molecule has 94 valence electrons. The molecule has 0 aliphatic carbocycles. The second-order valence-corrected chi connectivity index (χ2v) is 5.12. The average Bonchev–Trinajstić information content (AvgIpc) is 2.30. The predicted octanol–water partition coefficient (Wildman–Crippen LogP) is 3.17. The molecule has 17 heavy (non-hydrogen) atoms. The lowest BCUT2D eigenvalue weighted by atomic mass is 9.98. The van der Waals surface area contributed by atoms with Gasteiger partial charge < -0.3 is 15.4 Å². The summed E-state index contributed by atoms with van der Waals surface area (Å²) in [5.74, 6) is 1.51. The third kappa shape index (κ3) is 2.60. The number of hydrogen-bond donors (Lipinski definition) is 1. The molecule has 2 rings (SSSR count). The molecular formula is C13H19ClN2O. The Hall–Kier alpha value is -1.09. The van der Waals surface area contributed by atoms with Crippen molar-refractivity contribution in [2.75, 3.05) is 30.8 Å². The fourth-order valence-corrected chi connectivity index (χ4v) is 2.61.